The molecule has 1 heterocycles. The van der Waals surface area contributed by atoms with Gasteiger partial charge in [-0.3, -0.25) is 0 Å². The summed E-state index contributed by atoms with van der Waals surface area (Å²) < 4.78 is 135. The third-order valence-electron chi connectivity index (χ3n) is 6.14. The summed E-state index contributed by atoms with van der Waals surface area (Å²) in [5.41, 5.74) is -3.75. The van der Waals surface area contributed by atoms with Gasteiger partial charge in [-0.05, 0) is 61.2 Å². The Hall–Kier alpha value is -3.21. The number of alkyl halides is 5. The van der Waals surface area contributed by atoms with E-state index >= 15 is 0 Å². The van der Waals surface area contributed by atoms with E-state index in [9.17, 15) is 39.5 Å². The van der Waals surface area contributed by atoms with E-state index in [4.69, 9.17) is 4.74 Å². The molecule has 1 saturated heterocycles. The summed E-state index contributed by atoms with van der Waals surface area (Å²) in [5, 5.41) is 0. The summed E-state index contributed by atoms with van der Waals surface area (Å²) in [5.74, 6) is -7.44. The van der Waals surface area contributed by atoms with Crippen molar-refractivity contribution in [3.05, 3.63) is 88.5 Å². The lowest BCUT2D eigenvalue weighted by Gasteiger charge is -2.28. The third kappa shape index (κ3) is 5.56. The Bertz CT molecular complexity index is 1300. The fraction of sp³-hybridized carbons (Fsp3) is 0.308. The molecule has 0 aliphatic carbocycles. The zero-order chi connectivity index (χ0) is 27.1. The summed E-state index contributed by atoms with van der Waals surface area (Å²) in [4.78, 5) is 0. The Kier molecular flexibility index (Phi) is 7.20. The molecule has 3 aromatic carbocycles. The van der Waals surface area contributed by atoms with Crippen LogP contribution in [0.1, 0.15) is 42.4 Å². The summed E-state index contributed by atoms with van der Waals surface area (Å²) in [6.07, 6.45) is -8.34. The van der Waals surface area contributed by atoms with Crippen molar-refractivity contribution in [2.75, 3.05) is 6.61 Å². The molecule has 2 nitrogen and oxygen atoms in total. The number of ether oxygens (including phenoxy) is 2. The van der Waals surface area contributed by atoms with E-state index in [-0.39, 0.29) is 23.8 Å². The first kappa shape index (κ1) is 26.8. The minimum Gasteiger partial charge on any atom is -0.429 e. The van der Waals surface area contributed by atoms with Crippen LogP contribution in [0.3, 0.4) is 0 Å². The summed E-state index contributed by atoms with van der Waals surface area (Å²) in [6.45, 7) is 1.93. The Morgan fingerprint density at radius 2 is 1.49 bits per heavy atom. The predicted octanol–water partition coefficient (Wildman–Crippen LogP) is 8.34. The van der Waals surface area contributed by atoms with Crippen LogP contribution in [0.4, 0.5) is 39.5 Å². The average molecular weight is 534 g/mol. The molecule has 37 heavy (non-hydrogen) atoms. The Morgan fingerprint density at radius 1 is 0.784 bits per heavy atom. The second-order valence-corrected chi connectivity index (χ2v) is 8.70. The van der Waals surface area contributed by atoms with Gasteiger partial charge in [-0.1, -0.05) is 12.1 Å². The standard InChI is InChI=1S/C26H19F9O2/c1-13-2-3-15(12-36-13)18-7-9-20(24(30)23(18)29)26(34,35)37-16-5-6-17(21(27)11-16)14-4-8-19(22(28)10-14)25(31,32)33/h4-11,13,15H,2-3,12H2,1H3. The van der Waals surface area contributed by atoms with Crippen molar-refractivity contribution in [1.29, 1.82) is 0 Å². The maximum atomic E-state index is 14.7. The molecule has 4 rings (SSSR count). The van der Waals surface area contributed by atoms with Gasteiger partial charge in [0, 0.05) is 17.5 Å². The van der Waals surface area contributed by atoms with Crippen LogP contribution in [0.2, 0.25) is 0 Å². The molecule has 2 atom stereocenters. The van der Waals surface area contributed by atoms with Gasteiger partial charge in [-0.15, -0.1) is 0 Å². The second kappa shape index (κ2) is 9.92. The van der Waals surface area contributed by atoms with Gasteiger partial charge in [0.25, 0.3) is 0 Å². The highest BCUT2D eigenvalue weighted by Crippen LogP contribution is 2.39. The van der Waals surface area contributed by atoms with Crippen LogP contribution >= 0.6 is 0 Å². The van der Waals surface area contributed by atoms with Gasteiger partial charge in [0.05, 0.1) is 18.3 Å². The van der Waals surface area contributed by atoms with E-state index in [1.165, 1.54) is 0 Å². The van der Waals surface area contributed by atoms with Crippen LogP contribution in [-0.4, -0.2) is 12.7 Å². The zero-order valence-corrected chi connectivity index (χ0v) is 19.1. The van der Waals surface area contributed by atoms with Crippen LogP contribution in [0.25, 0.3) is 11.1 Å². The Labute approximate surface area is 205 Å². The number of hydrogen-bond donors (Lipinski definition) is 0. The molecule has 0 N–H and O–H groups in total. The van der Waals surface area contributed by atoms with Gasteiger partial charge < -0.3 is 9.47 Å². The second-order valence-electron chi connectivity index (χ2n) is 8.70. The van der Waals surface area contributed by atoms with Crippen molar-refractivity contribution < 1.29 is 49.0 Å². The molecule has 0 bridgehead atoms. The molecule has 198 valence electrons. The number of benzene rings is 3. The van der Waals surface area contributed by atoms with Crippen molar-refractivity contribution in [3.8, 4) is 16.9 Å². The smallest absolute Gasteiger partial charge is 0.429 e. The molecule has 3 aromatic rings. The molecular formula is C26H19F9O2. The summed E-state index contributed by atoms with van der Waals surface area (Å²) >= 11 is 0. The number of hydrogen-bond acceptors (Lipinski definition) is 2. The highest BCUT2D eigenvalue weighted by Gasteiger charge is 2.40. The lowest BCUT2D eigenvalue weighted by molar-refractivity contribution is -0.187. The van der Waals surface area contributed by atoms with Gasteiger partial charge in [-0.25, -0.2) is 17.6 Å². The van der Waals surface area contributed by atoms with Crippen molar-refractivity contribution in [2.45, 2.75) is 44.1 Å². The molecular weight excluding hydrogens is 515 g/mol. The van der Waals surface area contributed by atoms with Crippen molar-refractivity contribution in [3.63, 3.8) is 0 Å². The van der Waals surface area contributed by atoms with E-state index in [0.717, 1.165) is 24.3 Å². The molecule has 1 fully saturated rings. The minimum absolute atomic E-state index is 0.0498. The normalized spacial score (nSPS) is 18.6. The van der Waals surface area contributed by atoms with Gasteiger partial charge in [0.1, 0.15) is 22.9 Å². The van der Waals surface area contributed by atoms with E-state index in [1.54, 1.807) is 0 Å². The minimum atomic E-state index is -4.96. The predicted molar refractivity (Wildman–Crippen MR) is 115 cm³/mol. The lowest BCUT2D eigenvalue weighted by atomic mass is 9.90. The van der Waals surface area contributed by atoms with Gasteiger partial charge >= 0.3 is 12.3 Å². The lowest BCUT2D eigenvalue weighted by Crippen LogP contribution is -2.26. The fourth-order valence-corrected chi connectivity index (χ4v) is 4.14. The Balaban J connectivity index is 1.56. The number of halogens is 9. The van der Waals surface area contributed by atoms with Gasteiger partial charge in [0.2, 0.25) is 0 Å². The monoisotopic (exact) mass is 534 g/mol. The molecule has 0 spiro atoms. The van der Waals surface area contributed by atoms with Crippen molar-refractivity contribution >= 4 is 0 Å². The fourth-order valence-electron chi connectivity index (χ4n) is 4.14. The molecule has 1 aliphatic rings. The van der Waals surface area contributed by atoms with E-state index < -0.39 is 63.9 Å². The van der Waals surface area contributed by atoms with E-state index in [1.807, 2.05) is 6.92 Å². The van der Waals surface area contributed by atoms with Crippen LogP contribution in [0.5, 0.6) is 5.75 Å². The first-order valence-electron chi connectivity index (χ1n) is 11.1. The number of rotatable bonds is 5. The van der Waals surface area contributed by atoms with Crippen LogP contribution in [0, 0.1) is 23.3 Å². The van der Waals surface area contributed by atoms with Crippen LogP contribution in [0.15, 0.2) is 48.5 Å². The molecule has 2 unspecified atom stereocenters. The van der Waals surface area contributed by atoms with Crippen molar-refractivity contribution in [1.82, 2.24) is 0 Å². The zero-order valence-electron chi connectivity index (χ0n) is 19.1. The highest BCUT2D eigenvalue weighted by atomic mass is 19.4. The molecule has 0 saturated carbocycles. The van der Waals surface area contributed by atoms with Gasteiger partial charge in [0.15, 0.2) is 11.6 Å². The average Bonchev–Trinajstić information content (AvgIpc) is 2.80. The SMILES string of the molecule is CC1CCC(c2ccc(C(F)(F)Oc3ccc(-c4ccc(C(F)(F)F)c(F)c4)c(F)c3)c(F)c2F)CO1. The van der Waals surface area contributed by atoms with Gasteiger partial charge in [-0.2, -0.15) is 22.0 Å². The summed E-state index contributed by atoms with van der Waals surface area (Å²) in [7, 11) is 0. The molecule has 0 aromatic heterocycles. The first-order valence-corrected chi connectivity index (χ1v) is 11.1. The van der Waals surface area contributed by atoms with Crippen LogP contribution in [-0.2, 0) is 17.0 Å². The van der Waals surface area contributed by atoms with E-state index in [0.29, 0.717) is 37.1 Å². The topological polar surface area (TPSA) is 18.5 Å². The Morgan fingerprint density at radius 3 is 2.08 bits per heavy atom. The molecule has 1 aliphatic heterocycles. The maximum Gasteiger partial charge on any atom is 0.429 e. The largest absolute Gasteiger partial charge is 0.429 e. The molecule has 11 heteroatoms. The quantitative estimate of drug-likeness (QED) is 0.307. The first-order chi connectivity index (χ1) is 17.3. The van der Waals surface area contributed by atoms with E-state index in [2.05, 4.69) is 4.74 Å². The summed E-state index contributed by atoms with van der Waals surface area (Å²) in [6, 6.07) is 5.59. The van der Waals surface area contributed by atoms with Crippen molar-refractivity contribution in [2.24, 2.45) is 0 Å². The molecule has 0 radical (unpaired) electrons. The molecule has 0 amide bonds. The third-order valence-corrected chi connectivity index (χ3v) is 6.14. The highest BCUT2D eigenvalue weighted by molar-refractivity contribution is 5.65. The van der Waals surface area contributed by atoms with Crippen LogP contribution < -0.4 is 4.74 Å². The maximum absolute atomic E-state index is 14.7.